The van der Waals surface area contributed by atoms with Crippen LogP contribution in [0.1, 0.15) is 43.6 Å². The van der Waals surface area contributed by atoms with Crippen LogP contribution in [0.3, 0.4) is 0 Å². The lowest BCUT2D eigenvalue weighted by atomic mass is 9.80. The van der Waals surface area contributed by atoms with Crippen LogP contribution in [0.4, 0.5) is 17.1 Å². The maximum atomic E-state index is 2.59. The Morgan fingerprint density at radius 1 is 0.373 bits per heavy atom. The van der Waals surface area contributed by atoms with Crippen molar-refractivity contribution in [1.29, 1.82) is 0 Å². The fourth-order valence-corrected chi connectivity index (χ4v) is 12.7. The average molecular weight is 877 g/mol. The molecule has 1 aliphatic carbocycles. The minimum atomic E-state index is 0.559. The summed E-state index contributed by atoms with van der Waals surface area (Å²) >= 11 is 1.89. The molecule has 2 heterocycles. The van der Waals surface area contributed by atoms with E-state index in [9.17, 15) is 0 Å². The van der Waals surface area contributed by atoms with Gasteiger partial charge in [0.05, 0.1) is 28.1 Å². The van der Waals surface area contributed by atoms with Crippen molar-refractivity contribution >= 4 is 81.1 Å². The van der Waals surface area contributed by atoms with E-state index >= 15 is 0 Å². The summed E-state index contributed by atoms with van der Waals surface area (Å²) in [4.78, 5) is 2.59. The molecule has 0 atom stereocenters. The summed E-state index contributed by atoms with van der Waals surface area (Å²) in [6.07, 6.45) is 6.42. The summed E-state index contributed by atoms with van der Waals surface area (Å²) in [7, 11) is 0. The zero-order valence-electron chi connectivity index (χ0n) is 37.3. The Kier molecular flexibility index (Phi) is 9.83. The third-order valence-electron chi connectivity index (χ3n) is 14.4. The van der Waals surface area contributed by atoms with Crippen LogP contribution in [-0.2, 0) is 0 Å². The van der Waals surface area contributed by atoms with E-state index in [-0.39, 0.29) is 0 Å². The average Bonchev–Trinajstić information content (AvgIpc) is 3.96. The molecule has 2 aromatic heterocycles. The molecule has 12 aromatic rings. The highest BCUT2D eigenvalue weighted by atomic mass is 32.1. The Morgan fingerprint density at radius 3 is 1.61 bits per heavy atom. The molecule has 0 unspecified atom stereocenters. The van der Waals surface area contributed by atoms with Gasteiger partial charge in [-0.2, -0.15) is 0 Å². The number of fused-ring (bicyclic) bond motifs is 7. The Bertz CT molecular complexity index is 3810. The minimum absolute atomic E-state index is 0.559. The van der Waals surface area contributed by atoms with E-state index in [2.05, 4.69) is 234 Å². The van der Waals surface area contributed by atoms with Crippen LogP contribution >= 0.6 is 11.3 Å². The van der Waals surface area contributed by atoms with Crippen molar-refractivity contribution in [2.45, 2.75) is 38.0 Å². The monoisotopic (exact) mass is 876 g/mol. The molecular weight excluding hydrogens is 829 g/mol. The van der Waals surface area contributed by atoms with Crippen LogP contribution < -0.4 is 4.90 Å². The smallest absolute Gasteiger partial charge is 0.0547 e. The largest absolute Gasteiger partial charge is 0.309 e. The van der Waals surface area contributed by atoms with Crippen LogP contribution in [0.5, 0.6) is 0 Å². The van der Waals surface area contributed by atoms with Crippen molar-refractivity contribution < 1.29 is 0 Å². The van der Waals surface area contributed by atoms with Crippen molar-refractivity contribution in [2.24, 2.45) is 0 Å². The number of nitrogens with zero attached hydrogens (tertiary/aromatic N) is 2. The molecule has 0 N–H and O–H groups in total. The van der Waals surface area contributed by atoms with Gasteiger partial charge in [0.1, 0.15) is 0 Å². The summed E-state index contributed by atoms with van der Waals surface area (Å²) < 4.78 is 5.04. The molecule has 3 heteroatoms. The zero-order valence-corrected chi connectivity index (χ0v) is 38.1. The van der Waals surface area contributed by atoms with E-state index < -0.39 is 0 Å². The standard InChI is InChI=1S/C64H48N2S/c1-3-21-43(22-4-1)46-32-17-23-44-24-18-33-51(62(44)46)47-27-7-12-37-56(47)66(58-39-14-9-29-49(58)53-35-19-36-54-50-30-11-16-42-61(50)67-64(53)54)57-38-13-8-28-48(57)52-34-20-41-60-63(52)55-31-10-15-40-59(55)65(60)45-25-5-2-6-26-45/h2,5-20,23-43H,1,3-4,21-22H2. The molecule has 0 radical (unpaired) electrons. The van der Waals surface area contributed by atoms with Gasteiger partial charge < -0.3 is 9.47 Å². The second kappa shape index (κ2) is 16.6. The molecule has 0 spiro atoms. The Hall–Kier alpha value is -7.72. The van der Waals surface area contributed by atoms with Crippen LogP contribution in [0.15, 0.2) is 224 Å². The van der Waals surface area contributed by atoms with Gasteiger partial charge in [-0.25, -0.2) is 0 Å². The van der Waals surface area contributed by atoms with Gasteiger partial charge in [0.2, 0.25) is 0 Å². The highest BCUT2D eigenvalue weighted by Crippen LogP contribution is 2.52. The van der Waals surface area contributed by atoms with Crippen molar-refractivity contribution in [2.75, 3.05) is 4.90 Å². The number of hydrogen-bond acceptors (Lipinski definition) is 2. The molecule has 1 aliphatic rings. The quantitative estimate of drug-likeness (QED) is 0.148. The Balaban J connectivity index is 1.11. The molecule has 0 saturated heterocycles. The number of aromatic nitrogens is 1. The summed E-state index contributed by atoms with van der Waals surface area (Å²) in [5.41, 5.74) is 15.8. The molecule has 1 saturated carbocycles. The van der Waals surface area contributed by atoms with Crippen molar-refractivity contribution in [3.8, 4) is 39.1 Å². The first-order valence-electron chi connectivity index (χ1n) is 23.9. The maximum absolute atomic E-state index is 2.59. The Morgan fingerprint density at radius 2 is 0.881 bits per heavy atom. The van der Waals surface area contributed by atoms with E-state index in [0.717, 1.165) is 22.7 Å². The number of benzene rings is 10. The van der Waals surface area contributed by atoms with Gasteiger partial charge in [0, 0.05) is 58.9 Å². The fraction of sp³-hybridized carbons (Fsp3) is 0.0938. The van der Waals surface area contributed by atoms with Gasteiger partial charge in [-0.1, -0.05) is 195 Å². The molecule has 2 nitrogen and oxygen atoms in total. The third-order valence-corrected chi connectivity index (χ3v) is 15.6. The Labute approximate surface area is 395 Å². The van der Waals surface area contributed by atoms with Gasteiger partial charge in [0.15, 0.2) is 0 Å². The molecule has 1 fully saturated rings. The van der Waals surface area contributed by atoms with Crippen molar-refractivity contribution in [3.63, 3.8) is 0 Å². The summed E-state index contributed by atoms with van der Waals surface area (Å²) in [5.74, 6) is 0.559. The fourth-order valence-electron chi connectivity index (χ4n) is 11.5. The predicted molar refractivity (Wildman–Crippen MR) is 288 cm³/mol. The zero-order chi connectivity index (χ0) is 44.3. The molecular formula is C64H48N2S. The second-order valence-corrected chi connectivity index (χ2v) is 19.2. The van der Waals surface area contributed by atoms with Gasteiger partial charge in [-0.3, -0.25) is 0 Å². The van der Waals surface area contributed by atoms with E-state index in [1.807, 2.05) is 11.3 Å². The normalized spacial score (nSPS) is 13.3. The molecule has 0 amide bonds. The number of hydrogen-bond donors (Lipinski definition) is 0. The van der Waals surface area contributed by atoms with Crippen LogP contribution in [0.2, 0.25) is 0 Å². The molecule has 10 aromatic carbocycles. The van der Waals surface area contributed by atoms with Crippen molar-refractivity contribution in [3.05, 3.63) is 230 Å². The molecule has 320 valence electrons. The molecule has 0 bridgehead atoms. The van der Waals surface area contributed by atoms with Gasteiger partial charge >= 0.3 is 0 Å². The van der Waals surface area contributed by atoms with E-state index in [0.29, 0.717) is 5.92 Å². The first-order valence-corrected chi connectivity index (χ1v) is 24.7. The molecule has 13 rings (SSSR count). The van der Waals surface area contributed by atoms with Crippen molar-refractivity contribution in [1.82, 2.24) is 4.57 Å². The number of para-hydroxylation sites is 5. The maximum Gasteiger partial charge on any atom is 0.0547 e. The SMILES string of the molecule is c1ccc(-n2c3ccccc3c3c(-c4ccccc4N(c4ccccc4-c4cccc5c4sc4ccccc45)c4ccccc4-c4cccc5cccc(C6CCCCC6)c45)cccc32)cc1. The highest BCUT2D eigenvalue weighted by molar-refractivity contribution is 7.26. The van der Waals surface area contributed by atoms with E-state index in [1.54, 1.807) is 0 Å². The number of rotatable bonds is 8. The highest BCUT2D eigenvalue weighted by Gasteiger charge is 2.27. The first-order chi connectivity index (χ1) is 33.3. The lowest BCUT2D eigenvalue weighted by Crippen LogP contribution is -2.14. The summed E-state index contributed by atoms with van der Waals surface area (Å²) in [6, 6.07) is 83.6. The second-order valence-electron chi connectivity index (χ2n) is 18.1. The third kappa shape index (κ3) is 6.60. The van der Waals surface area contributed by atoms with E-state index in [1.165, 1.54) is 124 Å². The predicted octanol–water partition coefficient (Wildman–Crippen LogP) is 18.8. The lowest BCUT2D eigenvalue weighted by molar-refractivity contribution is 0.445. The molecule has 0 aliphatic heterocycles. The van der Waals surface area contributed by atoms with Crippen LogP contribution in [-0.4, -0.2) is 4.57 Å². The minimum Gasteiger partial charge on any atom is -0.309 e. The molecule has 67 heavy (non-hydrogen) atoms. The van der Waals surface area contributed by atoms with E-state index in [4.69, 9.17) is 0 Å². The van der Waals surface area contributed by atoms with Gasteiger partial charge in [0.25, 0.3) is 0 Å². The topological polar surface area (TPSA) is 8.17 Å². The van der Waals surface area contributed by atoms with Gasteiger partial charge in [-0.15, -0.1) is 11.3 Å². The first kappa shape index (κ1) is 39.6. The van der Waals surface area contributed by atoms with Crippen LogP contribution in [0.25, 0.3) is 91.8 Å². The summed E-state index contributed by atoms with van der Waals surface area (Å²) in [5, 5.41) is 7.79. The lowest BCUT2D eigenvalue weighted by Gasteiger charge is -2.32. The number of anilines is 3. The summed E-state index contributed by atoms with van der Waals surface area (Å²) in [6.45, 7) is 0. The van der Waals surface area contributed by atoms with Gasteiger partial charge in [-0.05, 0) is 94.8 Å². The number of thiophene rings is 1. The van der Waals surface area contributed by atoms with Crippen LogP contribution in [0, 0.1) is 0 Å².